The van der Waals surface area contributed by atoms with Gasteiger partial charge in [0.2, 0.25) is 5.56 Å². The summed E-state index contributed by atoms with van der Waals surface area (Å²) < 4.78 is 5.28. The minimum atomic E-state index is -0.210. The van der Waals surface area contributed by atoms with Crippen molar-refractivity contribution in [2.45, 2.75) is 19.4 Å². The van der Waals surface area contributed by atoms with Gasteiger partial charge in [0.1, 0.15) is 5.75 Å². The lowest BCUT2D eigenvalue weighted by Crippen LogP contribution is -2.39. The van der Waals surface area contributed by atoms with E-state index in [0.29, 0.717) is 12.1 Å². The van der Waals surface area contributed by atoms with Crippen LogP contribution in [0, 0.1) is 0 Å². The normalized spacial score (nSPS) is 17.0. The Morgan fingerprint density at radius 1 is 1.32 bits per heavy atom. The van der Waals surface area contributed by atoms with Crippen molar-refractivity contribution in [2.24, 2.45) is 0 Å². The van der Waals surface area contributed by atoms with E-state index < -0.39 is 0 Å². The summed E-state index contributed by atoms with van der Waals surface area (Å²) in [6.45, 7) is 2.68. The highest BCUT2D eigenvalue weighted by molar-refractivity contribution is 5.94. The number of rotatable bonds is 2. The molecule has 1 atom stereocenters. The van der Waals surface area contributed by atoms with Gasteiger partial charge in [-0.05, 0) is 42.7 Å². The number of methoxy groups -OCH3 is 1. The number of nitrogens with one attached hydrogen (secondary N) is 1. The summed E-state index contributed by atoms with van der Waals surface area (Å²) in [5.74, 6) is 0.723. The van der Waals surface area contributed by atoms with Crippen LogP contribution in [0.5, 0.6) is 5.75 Å². The molecule has 0 saturated heterocycles. The van der Waals surface area contributed by atoms with E-state index in [4.69, 9.17) is 4.74 Å². The minimum Gasteiger partial charge on any atom is -0.497 e. The van der Waals surface area contributed by atoms with Gasteiger partial charge in [-0.3, -0.25) is 9.59 Å². The van der Waals surface area contributed by atoms with E-state index in [1.54, 1.807) is 13.2 Å². The first-order valence-corrected chi connectivity index (χ1v) is 7.26. The monoisotopic (exact) mass is 298 g/mol. The summed E-state index contributed by atoms with van der Waals surface area (Å²) in [6.07, 6.45) is 2.29. The van der Waals surface area contributed by atoms with E-state index in [-0.39, 0.29) is 17.5 Å². The molecular formula is C17H18N2O3. The maximum atomic E-state index is 12.7. The number of pyridine rings is 1. The highest BCUT2D eigenvalue weighted by Crippen LogP contribution is 2.32. The Morgan fingerprint density at radius 3 is 2.82 bits per heavy atom. The van der Waals surface area contributed by atoms with E-state index in [9.17, 15) is 9.59 Å². The van der Waals surface area contributed by atoms with Crippen LogP contribution in [0.4, 0.5) is 0 Å². The molecule has 0 aliphatic carbocycles. The van der Waals surface area contributed by atoms with Gasteiger partial charge >= 0.3 is 0 Å². The SMILES string of the molecule is COc1ccc2c(c1)C(C)N(C(=O)c1ccc(=O)[nH]c1)CC2. The Bertz CT molecular complexity index is 746. The standard InChI is InChI=1S/C17H18N2O3/c1-11-15-9-14(22-2)5-3-12(15)7-8-19(11)17(21)13-4-6-16(20)18-10-13/h3-6,9-11H,7-8H2,1-2H3,(H,18,20). The molecule has 22 heavy (non-hydrogen) atoms. The average molecular weight is 298 g/mol. The van der Waals surface area contributed by atoms with Gasteiger partial charge in [0.25, 0.3) is 5.91 Å². The second kappa shape index (κ2) is 5.67. The predicted octanol–water partition coefficient (Wildman–Crippen LogP) is 2.14. The molecule has 1 N–H and O–H groups in total. The van der Waals surface area contributed by atoms with E-state index in [2.05, 4.69) is 11.1 Å². The molecule has 1 unspecified atom stereocenters. The molecule has 2 heterocycles. The van der Waals surface area contributed by atoms with Crippen LogP contribution >= 0.6 is 0 Å². The largest absolute Gasteiger partial charge is 0.497 e. The van der Waals surface area contributed by atoms with Gasteiger partial charge in [-0.15, -0.1) is 0 Å². The third-order valence-electron chi connectivity index (χ3n) is 4.18. The molecule has 2 aromatic rings. The van der Waals surface area contributed by atoms with Gasteiger partial charge < -0.3 is 14.6 Å². The molecule has 1 aromatic heterocycles. The van der Waals surface area contributed by atoms with Crippen LogP contribution in [0.3, 0.4) is 0 Å². The molecule has 5 nitrogen and oxygen atoms in total. The number of amides is 1. The van der Waals surface area contributed by atoms with Crippen molar-refractivity contribution in [2.75, 3.05) is 13.7 Å². The third kappa shape index (κ3) is 2.50. The van der Waals surface area contributed by atoms with Crippen molar-refractivity contribution in [3.63, 3.8) is 0 Å². The van der Waals surface area contributed by atoms with Crippen LogP contribution in [0.15, 0.2) is 41.3 Å². The molecule has 0 bridgehead atoms. The molecule has 1 aliphatic heterocycles. The average Bonchev–Trinajstić information content (AvgIpc) is 2.55. The van der Waals surface area contributed by atoms with Gasteiger partial charge in [-0.25, -0.2) is 0 Å². The Labute approximate surface area is 128 Å². The van der Waals surface area contributed by atoms with Gasteiger partial charge in [-0.1, -0.05) is 6.07 Å². The van der Waals surface area contributed by atoms with Crippen LogP contribution in [0.2, 0.25) is 0 Å². The molecular weight excluding hydrogens is 280 g/mol. The molecule has 0 fully saturated rings. The fourth-order valence-electron chi connectivity index (χ4n) is 2.91. The van der Waals surface area contributed by atoms with Crippen molar-refractivity contribution in [1.29, 1.82) is 0 Å². The topological polar surface area (TPSA) is 62.4 Å². The summed E-state index contributed by atoms with van der Waals surface area (Å²) in [4.78, 5) is 28.2. The lowest BCUT2D eigenvalue weighted by molar-refractivity contribution is 0.0677. The first-order chi connectivity index (χ1) is 10.6. The van der Waals surface area contributed by atoms with E-state index in [0.717, 1.165) is 17.7 Å². The Morgan fingerprint density at radius 2 is 2.14 bits per heavy atom. The van der Waals surface area contributed by atoms with Crippen molar-refractivity contribution < 1.29 is 9.53 Å². The van der Waals surface area contributed by atoms with Crippen molar-refractivity contribution in [3.05, 3.63) is 63.6 Å². The number of aromatic nitrogens is 1. The lowest BCUT2D eigenvalue weighted by Gasteiger charge is -2.35. The zero-order valence-corrected chi connectivity index (χ0v) is 12.6. The number of nitrogens with zero attached hydrogens (tertiary/aromatic N) is 1. The van der Waals surface area contributed by atoms with E-state index >= 15 is 0 Å². The van der Waals surface area contributed by atoms with Crippen molar-refractivity contribution in [3.8, 4) is 5.75 Å². The number of carbonyl (C=O) groups is 1. The minimum absolute atomic E-state index is 0.0294. The first kappa shape index (κ1) is 14.4. The number of ether oxygens (including phenoxy) is 1. The van der Waals surface area contributed by atoms with Gasteiger partial charge in [0.05, 0.1) is 18.7 Å². The Kier molecular flexibility index (Phi) is 3.71. The first-order valence-electron chi connectivity index (χ1n) is 7.26. The fourth-order valence-corrected chi connectivity index (χ4v) is 2.91. The van der Waals surface area contributed by atoms with Gasteiger partial charge in [0, 0.05) is 18.8 Å². The van der Waals surface area contributed by atoms with E-state index in [1.165, 1.54) is 17.8 Å². The summed E-state index contributed by atoms with van der Waals surface area (Å²) in [7, 11) is 1.64. The molecule has 0 radical (unpaired) electrons. The number of carbonyl (C=O) groups excluding carboxylic acids is 1. The summed E-state index contributed by atoms with van der Waals surface area (Å²) >= 11 is 0. The Hall–Kier alpha value is -2.56. The summed E-state index contributed by atoms with van der Waals surface area (Å²) in [5.41, 5.74) is 2.65. The maximum absolute atomic E-state index is 12.7. The number of benzene rings is 1. The quantitative estimate of drug-likeness (QED) is 0.924. The van der Waals surface area contributed by atoms with Crippen LogP contribution in [-0.4, -0.2) is 29.4 Å². The zero-order valence-electron chi connectivity index (χ0n) is 12.6. The highest BCUT2D eigenvalue weighted by atomic mass is 16.5. The predicted molar refractivity (Wildman–Crippen MR) is 83.2 cm³/mol. The third-order valence-corrected chi connectivity index (χ3v) is 4.18. The molecule has 1 aromatic carbocycles. The fraction of sp³-hybridized carbons (Fsp3) is 0.294. The molecule has 0 spiro atoms. The van der Waals surface area contributed by atoms with Crippen LogP contribution in [0.25, 0.3) is 0 Å². The van der Waals surface area contributed by atoms with Crippen molar-refractivity contribution >= 4 is 5.91 Å². The number of hydrogen-bond acceptors (Lipinski definition) is 3. The van der Waals surface area contributed by atoms with Gasteiger partial charge in [-0.2, -0.15) is 0 Å². The van der Waals surface area contributed by atoms with Crippen LogP contribution in [0.1, 0.15) is 34.5 Å². The number of hydrogen-bond donors (Lipinski definition) is 1. The Balaban J connectivity index is 1.91. The maximum Gasteiger partial charge on any atom is 0.255 e. The number of fused-ring (bicyclic) bond motifs is 1. The molecule has 3 rings (SSSR count). The zero-order chi connectivity index (χ0) is 15.7. The molecule has 0 saturated carbocycles. The smallest absolute Gasteiger partial charge is 0.255 e. The molecule has 114 valence electrons. The molecule has 1 aliphatic rings. The molecule has 1 amide bonds. The summed E-state index contributed by atoms with van der Waals surface area (Å²) in [6, 6.07) is 8.91. The number of H-pyrrole nitrogens is 1. The van der Waals surface area contributed by atoms with Crippen LogP contribution in [-0.2, 0) is 6.42 Å². The second-order valence-corrected chi connectivity index (χ2v) is 5.43. The number of aromatic amines is 1. The van der Waals surface area contributed by atoms with Crippen molar-refractivity contribution in [1.82, 2.24) is 9.88 Å². The highest BCUT2D eigenvalue weighted by Gasteiger charge is 2.28. The lowest BCUT2D eigenvalue weighted by atomic mass is 9.93. The second-order valence-electron chi connectivity index (χ2n) is 5.43. The van der Waals surface area contributed by atoms with Gasteiger partial charge in [0.15, 0.2) is 0 Å². The summed E-state index contributed by atoms with van der Waals surface area (Å²) in [5, 5.41) is 0. The van der Waals surface area contributed by atoms with E-state index in [1.807, 2.05) is 24.0 Å². The van der Waals surface area contributed by atoms with Crippen LogP contribution < -0.4 is 10.3 Å². The molecule has 5 heteroatoms.